The minimum Gasteiger partial charge on any atom is -0.388 e. The van der Waals surface area contributed by atoms with Crippen molar-refractivity contribution in [2.24, 2.45) is 0 Å². The van der Waals surface area contributed by atoms with E-state index in [0.717, 1.165) is 0 Å². The Morgan fingerprint density at radius 3 is 2.50 bits per heavy atom. The molecule has 0 radical (unpaired) electrons. The molecule has 1 atom stereocenters. The summed E-state index contributed by atoms with van der Waals surface area (Å²) in [5, 5.41) is 9.88. The first-order valence-electron chi connectivity index (χ1n) is 5.45. The summed E-state index contributed by atoms with van der Waals surface area (Å²) in [7, 11) is 0. The highest BCUT2D eigenvalue weighted by atomic mass is 35.5. The molecule has 0 heterocycles. The number of rotatable bonds is 3. The third-order valence-corrected chi connectivity index (χ3v) is 3.00. The Bertz CT molecular complexity index is 557. The molecule has 2 aromatic rings. The standard InChI is InChI=1S/C14H11ClF2O/c15-11-6-3-5-10(14(11)17)13(18)8-9-4-1-2-7-12(9)16/h1-7,13,18H,8H2. The lowest BCUT2D eigenvalue weighted by atomic mass is 10.0. The zero-order valence-electron chi connectivity index (χ0n) is 9.41. The lowest BCUT2D eigenvalue weighted by Gasteiger charge is -2.13. The van der Waals surface area contributed by atoms with Gasteiger partial charge in [-0.15, -0.1) is 0 Å². The monoisotopic (exact) mass is 268 g/mol. The average molecular weight is 269 g/mol. The summed E-state index contributed by atoms with van der Waals surface area (Å²) < 4.78 is 27.1. The summed E-state index contributed by atoms with van der Waals surface area (Å²) in [5.74, 6) is -1.08. The van der Waals surface area contributed by atoms with E-state index in [9.17, 15) is 13.9 Å². The number of halogens is 3. The van der Waals surface area contributed by atoms with Gasteiger partial charge in [0.05, 0.1) is 11.1 Å². The lowest BCUT2D eigenvalue weighted by molar-refractivity contribution is 0.172. The molecule has 18 heavy (non-hydrogen) atoms. The maximum absolute atomic E-state index is 13.7. The molecule has 0 aliphatic carbocycles. The van der Waals surface area contributed by atoms with Crippen molar-refractivity contribution in [2.45, 2.75) is 12.5 Å². The van der Waals surface area contributed by atoms with Crippen molar-refractivity contribution < 1.29 is 13.9 Å². The van der Waals surface area contributed by atoms with Gasteiger partial charge in [-0.2, -0.15) is 0 Å². The van der Waals surface area contributed by atoms with Gasteiger partial charge in [0.2, 0.25) is 0 Å². The molecule has 1 unspecified atom stereocenters. The second-order valence-electron chi connectivity index (χ2n) is 3.95. The van der Waals surface area contributed by atoms with Gasteiger partial charge in [-0.25, -0.2) is 8.78 Å². The number of aliphatic hydroxyl groups is 1. The van der Waals surface area contributed by atoms with Crippen LogP contribution in [-0.4, -0.2) is 5.11 Å². The van der Waals surface area contributed by atoms with Gasteiger partial charge >= 0.3 is 0 Å². The van der Waals surface area contributed by atoms with Crippen molar-refractivity contribution in [1.82, 2.24) is 0 Å². The van der Waals surface area contributed by atoms with Crippen LogP contribution in [0.5, 0.6) is 0 Å². The number of hydrogen-bond donors (Lipinski definition) is 1. The molecule has 94 valence electrons. The molecule has 0 fully saturated rings. The van der Waals surface area contributed by atoms with Crippen LogP contribution in [0.25, 0.3) is 0 Å². The van der Waals surface area contributed by atoms with Crippen LogP contribution in [-0.2, 0) is 6.42 Å². The molecule has 0 bridgehead atoms. The first-order chi connectivity index (χ1) is 8.59. The van der Waals surface area contributed by atoms with Gasteiger partial charge in [0.1, 0.15) is 11.6 Å². The van der Waals surface area contributed by atoms with E-state index >= 15 is 0 Å². The normalized spacial score (nSPS) is 12.4. The average Bonchev–Trinajstić information content (AvgIpc) is 2.35. The summed E-state index contributed by atoms with van der Waals surface area (Å²) in [4.78, 5) is 0. The molecule has 1 nitrogen and oxygen atoms in total. The van der Waals surface area contributed by atoms with E-state index in [-0.39, 0.29) is 17.0 Å². The van der Waals surface area contributed by atoms with Gasteiger partial charge in [0.25, 0.3) is 0 Å². The van der Waals surface area contributed by atoms with Crippen LogP contribution in [0, 0.1) is 11.6 Å². The minimum atomic E-state index is -1.12. The molecule has 0 saturated carbocycles. The number of aliphatic hydroxyl groups excluding tert-OH is 1. The lowest BCUT2D eigenvalue weighted by Crippen LogP contribution is -2.06. The fourth-order valence-corrected chi connectivity index (χ4v) is 1.94. The molecule has 0 saturated heterocycles. The molecule has 2 rings (SSSR count). The Hall–Kier alpha value is -1.45. The predicted molar refractivity (Wildman–Crippen MR) is 66.5 cm³/mol. The zero-order valence-corrected chi connectivity index (χ0v) is 10.2. The molecule has 0 spiro atoms. The van der Waals surface area contributed by atoms with E-state index in [0.29, 0.717) is 5.56 Å². The second-order valence-corrected chi connectivity index (χ2v) is 4.36. The molecule has 0 amide bonds. The SMILES string of the molecule is OC(Cc1ccccc1F)c1cccc(Cl)c1F. The fourth-order valence-electron chi connectivity index (χ4n) is 1.76. The van der Waals surface area contributed by atoms with Crippen molar-refractivity contribution in [2.75, 3.05) is 0 Å². The second kappa shape index (κ2) is 5.46. The Kier molecular flexibility index (Phi) is 3.94. The third kappa shape index (κ3) is 2.68. The Balaban J connectivity index is 2.25. The van der Waals surface area contributed by atoms with E-state index < -0.39 is 17.7 Å². The van der Waals surface area contributed by atoms with E-state index in [1.54, 1.807) is 24.3 Å². The maximum Gasteiger partial charge on any atom is 0.147 e. The predicted octanol–water partition coefficient (Wildman–Crippen LogP) is 3.89. The van der Waals surface area contributed by atoms with Crippen LogP contribution >= 0.6 is 11.6 Å². The summed E-state index contributed by atoms with van der Waals surface area (Å²) in [6.45, 7) is 0. The van der Waals surface area contributed by atoms with Gasteiger partial charge in [0.15, 0.2) is 0 Å². The van der Waals surface area contributed by atoms with Crippen LogP contribution in [0.15, 0.2) is 42.5 Å². The topological polar surface area (TPSA) is 20.2 Å². The van der Waals surface area contributed by atoms with Gasteiger partial charge in [-0.1, -0.05) is 41.9 Å². The van der Waals surface area contributed by atoms with Crippen molar-refractivity contribution in [3.8, 4) is 0 Å². The van der Waals surface area contributed by atoms with E-state index in [1.807, 2.05) is 0 Å². The highest BCUT2D eigenvalue weighted by Gasteiger charge is 2.16. The fraction of sp³-hybridized carbons (Fsp3) is 0.143. The maximum atomic E-state index is 13.7. The van der Waals surface area contributed by atoms with Crippen LogP contribution in [0.3, 0.4) is 0 Å². The molecule has 4 heteroatoms. The van der Waals surface area contributed by atoms with Gasteiger partial charge in [0, 0.05) is 12.0 Å². The van der Waals surface area contributed by atoms with E-state index in [4.69, 9.17) is 11.6 Å². The molecule has 0 aromatic heterocycles. The van der Waals surface area contributed by atoms with Crippen LogP contribution < -0.4 is 0 Å². The molecule has 0 aliphatic heterocycles. The smallest absolute Gasteiger partial charge is 0.147 e. The first-order valence-corrected chi connectivity index (χ1v) is 5.82. The van der Waals surface area contributed by atoms with E-state index in [1.165, 1.54) is 18.2 Å². The summed E-state index contributed by atoms with van der Waals surface area (Å²) in [6, 6.07) is 10.5. The Morgan fingerprint density at radius 1 is 1.06 bits per heavy atom. The highest BCUT2D eigenvalue weighted by molar-refractivity contribution is 6.30. The van der Waals surface area contributed by atoms with Crippen LogP contribution in [0.2, 0.25) is 5.02 Å². The highest BCUT2D eigenvalue weighted by Crippen LogP contribution is 2.26. The quantitative estimate of drug-likeness (QED) is 0.895. The minimum absolute atomic E-state index is 0.00390. The molecular weight excluding hydrogens is 258 g/mol. The zero-order chi connectivity index (χ0) is 13.1. The molecular formula is C14H11ClF2O. The van der Waals surface area contributed by atoms with Crippen molar-refractivity contribution in [1.29, 1.82) is 0 Å². The third-order valence-electron chi connectivity index (χ3n) is 2.71. The van der Waals surface area contributed by atoms with Crippen LogP contribution in [0.4, 0.5) is 8.78 Å². The summed E-state index contributed by atoms with van der Waals surface area (Å²) in [6.07, 6.45) is -1.12. The summed E-state index contributed by atoms with van der Waals surface area (Å²) in [5.41, 5.74) is 0.412. The number of benzene rings is 2. The van der Waals surface area contributed by atoms with Crippen molar-refractivity contribution >= 4 is 11.6 Å². The first kappa shape index (κ1) is 13.0. The molecule has 1 N–H and O–H groups in total. The van der Waals surface area contributed by atoms with Crippen molar-refractivity contribution in [3.05, 3.63) is 70.2 Å². The Labute approximate surface area is 109 Å². The van der Waals surface area contributed by atoms with Crippen molar-refractivity contribution in [3.63, 3.8) is 0 Å². The van der Waals surface area contributed by atoms with Gasteiger partial charge in [-0.05, 0) is 17.7 Å². The van der Waals surface area contributed by atoms with Gasteiger partial charge < -0.3 is 5.11 Å². The largest absolute Gasteiger partial charge is 0.388 e. The Morgan fingerprint density at radius 2 is 1.78 bits per heavy atom. The molecule has 2 aromatic carbocycles. The van der Waals surface area contributed by atoms with Crippen LogP contribution in [0.1, 0.15) is 17.2 Å². The van der Waals surface area contributed by atoms with Gasteiger partial charge in [-0.3, -0.25) is 0 Å². The molecule has 0 aliphatic rings. The number of hydrogen-bond acceptors (Lipinski definition) is 1. The summed E-state index contributed by atoms with van der Waals surface area (Å²) >= 11 is 5.63. The van der Waals surface area contributed by atoms with E-state index in [2.05, 4.69) is 0 Å².